The predicted molar refractivity (Wildman–Crippen MR) is 104 cm³/mol. The monoisotopic (exact) mass is 412 g/mol. The summed E-state index contributed by atoms with van der Waals surface area (Å²) in [6.45, 7) is 0. The number of hydrogen-bond acceptors (Lipinski definition) is 4. The number of aromatic nitrogens is 3. The molecule has 0 saturated heterocycles. The Balaban J connectivity index is 1.65. The molecule has 124 valence electrons. The minimum absolute atomic E-state index is 0.245. The van der Waals surface area contributed by atoms with Crippen LogP contribution < -0.4 is 5.32 Å². The van der Waals surface area contributed by atoms with Gasteiger partial charge in [0.2, 0.25) is 0 Å². The molecule has 0 bridgehead atoms. The van der Waals surface area contributed by atoms with Gasteiger partial charge in [0.15, 0.2) is 5.13 Å². The SMILES string of the molecule is Cn1ncc(Br)c1C(=O)Nc1nc(-c2cccc3ccccc23)cs1. The van der Waals surface area contributed by atoms with Crippen LogP contribution in [0.25, 0.3) is 22.0 Å². The minimum Gasteiger partial charge on any atom is -0.296 e. The second kappa shape index (κ2) is 6.42. The average Bonchev–Trinajstić information content (AvgIpc) is 3.21. The molecule has 0 fully saturated rings. The Morgan fingerprint density at radius 2 is 2.00 bits per heavy atom. The molecule has 0 saturated carbocycles. The van der Waals surface area contributed by atoms with E-state index in [0.29, 0.717) is 15.3 Å². The van der Waals surface area contributed by atoms with Crippen molar-refractivity contribution in [2.24, 2.45) is 7.05 Å². The van der Waals surface area contributed by atoms with E-state index >= 15 is 0 Å². The number of amides is 1. The van der Waals surface area contributed by atoms with Crippen LogP contribution in [0, 0.1) is 0 Å². The Hall–Kier alpha value is -2.51. The number of fused-ring (bicyclic) bond motifs is 1. The number of nitrogens with zero attached hydrogens (tertiary/aromatic N) is 3. The Morgan fingerprint density at radius 3 is 2.80 bits per heavy atom. The molecule has 0 atom stereocenters. The maximum Gasteiger partial charge on any atom is 0.276 e. The normalized spacial score (nSPS) is 11.0. The van der Waals surface area contributed by atoms with Gasteiger partial charge in [0.1, 0.15) is 5.69 Å². The molecule has 0 spiro atoms. The van der Waals surface area contributed by atoms with Crippen LogP contribution in [0.15, 0.2) is 58.5 Å². The molecule has 0 unspecified atom stereocenters. The van der Waals surface area contributed by atoms with E-state index in [-0.39, 0.29) is 5.91 Å². The molecule has 0 aliphatic carbocycles. The number of rotatable bonds is 3. The molecule has 4 rings (SSSR count). The second-order valence-electron chi connectivity index (χ2n) is 5.48. The highest BCUT2D eigenvalue weighted by atomic mass is 79.9. The number of benzene rings is 2. The third kappa shape index (κ3) is 2.96. The van der Waals surface area contributed by atoms with Crippen molar-refractivity contribution in [3.05, 3.63) is 64.2 Å². The van der Waals surface area contributed by atoms with Crippen molar-refractivity contribution in [2.75, 3.05) is 5.32 Å². The molecule has 4 aromatic rings. The Morgan fingerprint density at radius 1 is 1.20 bits per heavy atom. The third-order valence-electron chi connectivity index (χ3n) is 3.90. The summed E-state index contributed by atoms with van der Waals surface area (Å²) < 4.78 is 2.18. The fourth-order valence-corrected chi connectivity index (χ4v) is 3.96. The largest absolute Gasteiger partial charge is 0.296 e. The van der Waals surface area contributed by atoms with E-state index in [9.17, 15) is 4.79 Å². The molecule has 2 aromatic heterocycles. The van der Waals surface area contributed by atoms with Crippen molar-refractivity contribution in [2.45, 2.75) is 0 Å². The van der Waals surface area contributed by atoms with E-state index in [2.05, 4.69) is 49.5 Å². The van der Waals surface area contributed by atoms with Crippen LogP contribution in [-0.2, 0) is 7.05 Å². The molecule has 2 heterocycles. The highest BCUT2D eigenvalue weighted by molar-refractivity contribution is 9.10. The molecule has 0 radical (unpaired) electrons. The molecule has 5 nitrogen and oxygen atoms in total. The van der Waals surface area contributed by atoms with Gasteiger partial charge in [-0.3, -0.25) is 14.8 Å². The number of carbonyl (C=O) groups excluding carboxylic acids is 1. The van der Waals surface area contributed by atoms with Crippen LogP contribution in [0.5, 0.6) is 0 Å². The van der Waals surface area contributed by atoms with Gasteiger partial charge in [0, 0.05) is 18.0 Å². The molecule has 0 aliphatic rings. The van der Waals surface area contributed by atoms with Crippen molar-refractivity contribution in [3.63, 3.8) is 0 Å². The van der Waals surface area contributed by atoms with Gasteiger partial charge in [0.05, 0.1) is 16.4 Å². The quantitative estimate of drug-likeness (QED) is 0.529. The molecule has 25 heavy (non-hydrogen) atoms. The highest BCUT2D eigenvalue weighted by Crippen LogP contribution is 2.31. The first kappa shape index (κ1) is 16.0. The summed E-state index contributed by atoms with van der Waals surface area (Å²) in [5.74, 6) is -0.245. The second-order valence-corrected chi connectivity index (χ2v) is 7.20. The summed E-state index contributed by atoms with van der Waals surface area (Å²) in [5, 5.41) is 11.7. The zero-order valence-electron chi connectivity index (χ0n) is 13.2. The Bertz CT molecular complexity index is 1060. The molecule has 1 amide bonds. The lowest BCUT2D eigenvalue weighted by Crippen LogP contribution is -2.16. The summed E-state index contributed by atoms with van der Waals surface area (Å²) in [4.78, 5) is 17.0. The van der Waals surface area contributed by atoms with Crippen molar-refractivity contribution in [3.8, 4) is 11.3 Å². The van der Waals surface area contributed by atoms with Crippen LogP contribution in [0.1, 0.15) is 10.5 Å². The number of halogens is 1. The van der Waals surface area contributed by atoms with Gasteiger partial charge in [-0.05, 0) is 26.7 Å². The van der Waals surface area contributed by atoms with Crippen LogP contribution in [-0.4, -0.2) is 20.7 Å². The summed E-state index contributed by atoms with van der Waals surface area (Å²) in [6.07, 6.45) is 1.60. The first-order chi connectivity index (χ1) is 12.1. The molecule has 1 N–H and O–H groups in total. The topological polar surface area (TPSA) is 59.8 Å². The van der Waals surface area contributed by atoms with Gasteiger partial charge in [0.25, 0.3) is 5.91 Å². The lowest BCUT2D eigenvalue weighted by Gasteiger charge is -2.04. The smallest absolute Gasteiger partial charge is 0.276 e. The maximum absolute atomic E-state index is 12.4. The summed E-state index contributed by atoms with van der Waals surface area (Å²) in [5.41, 5.74) is 2.36. The summed E-state index contributed by atoms with van der Waals surface area (Å²) in [7, 11) is 1.73. The van der Waals surface area contributed by atoms with Crippen LogP contribution in [0.2, 0.25) is 0 Å². The van der Waals surface area contributed by atoms with Crippen molar-refractivity contribution < 1.29 is 4.79 Å². The molecule has 7 heteroatoms. The molecule has 0 aliphatic heterocycles. The van der Waals surface area contributed by atoms with Gasteiger partial charge < -0.3 is 0 Å². The summed E-state index contributed by atoms with van der Waals surface area (Å²) in [6, 6.07) is 14.3. The highest BCUT2D eigenvalue weighted by Gasteiger charge is 2.17. The van der Waals surface area contributed by atoms with Gasteiger partial charge in [-0.15, -0.1) is 11.3 Å². The lowest BCUT2D eigenvalue weighted by molar-refractivity contribution is 0.101. The zero-order valence-corrected chi connectivity index (χ0v) is 15.6. The standard InChI is InChI=1S/C18H13BrN4OS/c1-23-16(14(19)9-20-23)17(24)22-18-21-15(10-25-18)13-8-4-6-11-5-2-3-7-12(11)13/h2-10H,1H3,(H,21,22,24). The number of nitrogens with one attached hydrogen (secondary N) is 1. The maximum atomic E-state index is 12.4. The summed E-state index contributed by atoms with van der Waals surface area (Å²) >= 11 is 4.74. The van der Waals surface area contributed by atoms with Crippen molar-refractivity contribution in [1.82, 2.24) is 14.8 Å². The van der Waals surface area contributed by atoms with Gasteiger partial charge in [-0.25, -0.2) is 4.98 Å². The number of hydrogen-bond donors (Lipinski definition) is 1. The third-order valence-corrected chi connectivity index (χ3v) is 5.24. The number of anilines is 1. The van der Waals surface area contributed by atoms with Crippen LogP contribution >= 0.6 is 27.3 Å². The van der Waals surface area contributed by atoms with E-state index < -0.39 is 0 Å². The molecular weight excluding hydrogens is 400 g/mol. The average molecular weight is 413 g/mol. The Labute approximate surface area is 156 Å². The predicted octanol–water partition coefficient (Wildman–Crippen LogP) is 4.71. The first-order valence-corrected chi connectivity index (χ1v) is 9.23. The lowest BCUT2D eigenvalue weighted by atomic mass is 10.0. The minimum atomic E-state index is -0.245. The molecular formula is C18H13BrN4OS. The van der Waals surface area contributed by atoms with E-state index in [0.717, 1.165) is 22.0 Å². The van der Waals surface area contributed by atoms with Crippen LogP contribution in [0.4, 0.5) is 5.13 Å². The van der Waals surface area contributed by atoms with E-state index in [1.165, 1.54) is 16.0 Å². The van der Waals surface area contributed by atoms with Gasteiger partial charge >= 0.3 is 0 Å². The number of aryl methyl sites for hydroxylation is 1. The fourth-order valence-electron chi connectivity index (χ4n) is 2.73. The van der Waals surface area contributed by atoms with E-state index in [1.807, 2.05) is 29.6 Å². The fraction of sp³-hybridized carbons (Fsp3) is 0.0556. The van der Waals surface area contributed by atoms with Crippen molar-refractivity contribution >= 4 is 49.1 Å². The van der Waals surface area contributed by atoms with E-state index in [1.54, 1.807) is 13.2 Å². The van der Waals surface area contributed by atoms with Crippen LogP contribution in [0.3, 0.4) is 0 Å². The van der Waals surface area contributed by atoms with Gasteiger partial charge in [-0.1, -0.05) is 42.5 Å². The van der Waals surface area contributed by atoms with E-state index in [4.69, 9.17) is 0 Å². The van der Waals surface area contributed by atoms with Crippen molar-refractivity contribution in [1.29, 1.82) is 0 Å². The Kier molecular flexibility index (Phi) is 4.10. The first-order valence-electron chi connectivity index (χ1n) is 7.56. The zero-order chi connectivity index (χ0) is 17.4. The number of carbonyl (C=O) groups is 1. The molecule has 2 aromatic carbocycles. The number of thiazole rings is 1. The van der Waals surface area contributed by atoms with Gasteiger partial charge in [-0.2, -0.15) is 5.10 Å².